The summed E-state index contributed by atoms with van der Waals surface area (Å²) >= 11 is -3.61. The van der Waals surface area contributed by atoms with Gasteiger partial charge in [0.25, 0.3) is 0 Å². The summed E-state index contributed by atoms with van der Waals surface area (Å²) in [5, 5.41) is 0. The van der Waals surface area contributed by atoms with Crippen molar-refractivity contribution in [1.82, 2.24) is 0 Å². The fourth-order valence-electron chi connectivity index (χ4n) is 7.95. The van der Waals surface area contributed by atoms with Crippen LogP contribution < -0.4 is 0 Å². The van der Waals surface area contributed by atoms with Crippen LogP contribution in [0.25, 0.3) is 34.4 Å². The van der Waals surface area contributed by atoms with Gasteiger partial charge in [0.05, 0.1) is 0 Å². The maximum atomic E-state index is 2.83. The van der Waals surface area contributed by atoms with Crippen LogP contribution in [0, 0.1) is 0 Å². The Balaban J connectivity index is 1.58. The minimum absolute atomic E-state index is 0.568. The third kappa shape index (κ3) is 3.71. The third-order valence-electron chi connectivity index (χ3n) is 10.1. The Labute approximate surface area is 229 Å². The van der Waals surface area contributed by atoms with Gasteiger partial charge in [-0.15, -0.1) is 0 Å². The number of benzene rings is 4. The Bertz CT molecular complexity index is 1580. The average Bonchev–Trinajstić information content (AvgIpc) is 3.46. The molecule has 4 aromatic carbocycles. The van der Waals surface area contributed by atoms with E-state index in [-0.39, 0.29) is 0 Å². The van der Waals surface area contributed by atoms with Gasteiger partial charge in [0.2, 0.25) is 0 Å². The summed E-state index contributed by atoms with van der Waals surface area (Å²) in [6.45, 7) is 10.1. The second-order valence-corrected chi connectivity index (χ2v) is 47.0. The molecule has 2 atom stereocenters. The Kier molecular flexibility index (Phi) is 6.29. The molecule has 0 amide bonds. The topological polar surface area (TPSA) is 0 Å². The van der Waals surface area contributed by atoms with Gasteiger partial charge in [0, 0.05) is 0 Å². The van der Waals surface area contributed by atoms with Crippen molar-refractivity contribution in [2.45, 2.75) is 43.5 Å². The maximum absolute atomic E-state index is 3.61. The summed E-state index contributed by atoms with van der Waals surface area (Å²) in [5.41, 5.74) is 14.1. The second-order valence-electron chi connectivity index (χ2n) is 12.6. The van der Waals surface area contributed by atoms with E-state index in [0.29, 0.717) is 7.25 Å². The van der Waals surface area contributed by atoms with Crippen LogP contribution in [0.15, 0.2) is 108 Å². The molecule has 0 heterocycles. The molecule has 38 heavy (non-hydrogen) atoms. The van der Waals surface area contributed by atoms with Crippen LogP contribution in [0.3, 0.4) is 0 Å². The van der Waals surface area contributed by atoms with Crippen LogP contribution in [0.2, 0.25) is 22.4 Å². The first-order valence-corrected chi connectivity index (χ1v) is 27.9. The van der Waals surface area contributed by atoms with E-state index in [1.807, 2.05) is 0 Å². The zero-order chi connectivity index (χ0) is 26.7. The molecule has 0 bridgehead atoms. The fraction of sp³-hybridized carbons (Fsp3) is 0.222. The molecule has 0 nitrogen and oxygen atoms in total. The van der Waals surface area contributed by atoms with Crippen molar-refractivity contribution >= 4 is 17.6 Å². The molecule has 0 N–H and O–H groups in total. The first kappa shape index (κ1) is 25.7. The van der Waals surface area contributed by atoms with Gasteiger partial charge >= 0.3 is 231 Å². The van der Waals surface area contributed by atoms with Crippen molar-refractivity contribution in [1.29, 1.82) is 0 Å². The first-order valence-electron chi connectivity index (χ1n) is 13.9. The summed E-state index contributed by atoms with van der Waals surface area (Å²) in [4.78, 5) is 0. The van der Waals surface area contributed by atoms with Gasteiger partial charge in [-0.25, -0.2) is 0 Å². The molecule has 2 aliphatic rings. The molecule has 0 aliphatic heterocycles. The Morgan fingerprint density at radius 3 is 1.29 bits per heavy atom. The predicted octanol–water partition coefficient (Wildman–Crippen LogP) is 10.7. The molecule has 0 radical (unpaired) electrons. The first-order chi connectivity index (χ1) is 18.2. The Hall–Kier alpha value is -2.54. The molecular weight excluding hydrogens is 552 g/mol. The molecule has 0 saturated carbocycles. The van der Waals surface area contributed by atoms with E-state index in [1.54, 1.807) is 22.3 Å². The summed E-state index contributed by atoms with van der Waals surface area (Å²) < 4.78 is 6.79. The number of rotatable bonds is 4. The second kappa shape index (κ2) is 9.29. The van der Waals surface area contributed by atoms with E-state index in [9.17, 15) is 0 Å². The quantitative estimate of drug-likeness (QED) is 0.208. The van der Waals surface area contributed by atoms with Crippen LogP contribution in [0.5, 0.6) is 0 Å². The fourth-order valence-corrected chi connectivity index (χ4v) is 36.2. The van der Waals surface area contributed by atoms with E-state index in [1.165, 1.54) is 33.4 Å². The van der Waals surface area contributed by atoms with Crippen molar-refractivity contribution in [3.63, 3.8) is 0 Å². The zero-order valence-electron chi connectivity index (χ0n) is 23.5. The summed E-state index contributed by atoms with van der Waals surface area (Å²) in [7, 11) is 0. The number of allylic oxidation sites excluding steroid dienone is 2. The Morgan fingerprint density at radius 1 is 0.526 bits per heavy atom. The Morgan fingerprint density at radius 2 is 0.921 bits per heavy atom. The molecule has 0 aromatic heterocycles. The SMILES string of the molecule is CC1=Cc2c(-c3ccccc3)cccc2[CH]1[Zr]([CH3])([CH3])([CH]1C(C)=Cc2c(-c3ccccc3)cccc21)=[Si](C)C. The van der Waals surface area contributed by atoms with E-state index in [2.05, 4.69) is 145 Å². The molecule has 6 rings (SSSR count). The molecule has 2 aliphatic carbocycles. The summed E-state index contributed by atoms with van der Waals surface area (Å²) in [5.74, 6) is 0. The van der Waals surface area contributed by atoms with Crippen LogP contribution in [-0.4, -0.2) is 5.43 Å². The van der Waals surface area contributed by atoms with Gasteiger partial charge < -0.3 is 0 Å². The van der Waals surface area contributed by atoms with E-state index < -0.39 is 22.8 Å². The van der Waals surface area contributed by atoms with Crippen molar-refractivity contribution in [3.05, 3.63) is 130 Å². The van der Waals surface area contributed by atoms with Gasteiger partial charge in [-0.3, -0.25) is 0 Å². The van der Waals surface area contributed by atoms with Crippen molar-refractivity contribution in [2.75, 3.05) is 0 Å². The average molecular weight is 590 g/mol. The molecule has 190 valence electrons. The normalized spacial score (nSPS) is 18.5. The van der Waals surface area contributed by atoms with Gasteiger partial charge in [-0.2, -0.15) is 0 Å². The van der Waals surface area contributed by atoms with Crippen molar-refractivity contribution in [3.8, 4) is 22.3 Å². The number of hydrogen-bond acceptors (Lipinski definition) is 0. The van der Waals surface area contributed by atoms with E-state index in [0.717, 1.165) is 0 Å². The van der Waals surface area contributed by atoms with Crippen LogP contribution in [0.4, 0.5) is 0 Å². The monoisotopic (exact) mass is 588 g/mol. The third-order valence-corrected chi connectivity index (χ3v) is 52.4. The molecule has 0 spiro atoms. The standard InChI is InChI=1S/2C16H13.C2H6Si.2CH3.Zr/c2*1-12-10-14-8-5-9-15(16(14)11-12)13-6-3-2-4-7-13;1-3-2;;;/h2*2-11H,1H3;1-2H3;2*1H3;. The van der Waals surface area contributed by atoms with Crippen LogP contribution >= 0.6 is 0 Å². The van der Waals surface area contributed by atoms with Gasteiger partial charge in [-0.05, 0) is 0 Å². The minimum atomic E-state index is -3.61. The van der Waals surface area contributed by atoms with Gasteiger partial charge in [0.15, 0.2) is 0 Å². The predicted molar refractivity (Wildman–Crippen MR) is 166 cm³/mol. The molecule has 0 saturated heterocycles. The summed E-state index contributed by atoms with van der Waals surface area (Å²) in [6.07, 6.45) is 5.09. The molecule has 0 fully saturated rings. The summed E-state index contributed by atoms with van der Waals surface area (Å²) in [6, 6.07) is 36.1. The number of fused-ring (bicyclic) bond motifs is 2. The van der Waals surface area contributed by atoms with Crippen molar-refractivity contribution in [2.24, 2.45) is 0 Å². The molecule has 2 heteroatoms. The van der Waals surface area contributed by atoms with Crippen LogP contribution in [0.1, 0.15) is 43.4 Å². The zero-order valence-corrected chi connectivity index (χ0v) is 27.0. The molecule has 2 unspecified atom stereocenters. The molecular formula is C36H38SiZr. The van der Waals surface area contributed by atoms with Crippen molar-refractivity contribution < 1.29 is 17.4 Å². The van der Waals surface area contributed by atoms with Crippen LogP contribution in [-0.2, 0) is 17.4 Å². The molecule has 4 aromatic rings. The van der Waals surface area contributed by atoms with E-state index in [4.69, 9.17) is 0 Å². The number of hydrogen-bond donors (Lipinski definition) is 0. The van der Waals surface area contributed by atoms with E-state index >= 15 is 0 Å². The van der Waals surface area contributed by atoms with Gasteiger partial charge in [0.1, 0.15) is 0 Å². The van der Waals surface area contributed by atoms with Gasteiger partial charge in [-0.1, -0.05) is 0 Å².